The van der Waals surface area contributed by atoms with Gasteiger partial charge in [-0.2, -0.15) is 0 Å². The lowest BCUT2D eigenvalue weighted by atomic mass is 9.84. The Morgan fingerprint density at radius 1 is 0.955 bits per heavy atom. The van der Waals surface area contributed by atoms with Crippen LogP contribution in [0.4, 0.5) is 14.5 Å². The van der Waals surface area contributed by atoms with Crippen LogP contribution >= 0.6 is 11.6 Å². The van der Waals surface area contributed by atoms with Crippen molar-refractivity contribution < 1.29 is 31.5 Å². The van der Waals surface area contributed by atoms with E-state index in [9.17, 15) is 22.0 Å². The number of nitrogens with zero attached hydrogens (tertiary/aromatic N) is 2. The average molecular weight is 635 g/mol. The van der Waals surface area contributed by atoms with Crippen molar-refractivity contribution in [1.29, 1.82) is 0 Å². The van der Waals surface area contributed by atoms with Crippen LogP contribution in [0.5, 0.6) is 11.5 Å². The van der Waals surface area contributed by atoms with Crippen LogP contribution in [0.3, 0.4) is 0 Å². The van der Waals surface area contributed by atoms with Gasteiger partial charge in [-0.3, -0.25) is 9.10 Å². The van der Waals surface area contributed by atoms with E-state index in [1.807, 2.05) is 18.2 Å². The fraction of sp³-hybridized carbons (Fsp3) is 0.182. The first-order chi connectivity index (χ1) is 21.2. The van der Waals surface area contributed by atoms with Crippen LogP contribution in [-0.2, 0) is 23.1 Å². The van der Waals surface area contributed by atoms with E-state index in [0.29, 0.717) is 35.7 Å². The lowest BCUT2D eigenvalue weighted by molar-refractivity contribution is 0.0822. The number of ether oxygens (including phenoxy) is 2. The summed E-state index contributed by atoms with van der Waals surface area (Å²) in [5, 5.41) is 0.213. The molecule has 2 atom stereocenters. The molecule has 3 aliphatic rings. The van der Waals surface area contributed by atoms with Crippen LogP contribution in [0.15, 0.2) is 89.8 Å². The maximum absolute atomic E-state index is 14.5. The molecule has 3 heterocycles. The molecule has 4 aromatic rings. The van der Waals surface area contributed by atoms with Crippen molar-refractivity contribution in [1.82, 2.24) is 4.90 Å². The van der Waals surface area contributed by atoms with Gasteiger partial charge in [0.15, 0.2) is 11.6 Å². The number of rotatable bonds is 6. The molecule has 7 nitrogen and oxygen atoms in total. The van der Waals surface area contributed by atoms with Gasteiger partial charge in [-0.25, -0.2) is 17.2 Å². The molecule has 0 aliphatic carbocycles. The molecule has 0 radical (unpaired) electrons. The summed E-state index contributed by atoms with van der Waals surface area (Å²) in [6, 6.07) is 19.4. The van der Waals surface area contributed by atoms with E-state index in [2.05, 4.69) is 0 Å². The average Bonchev–Trinajstić information content (AvgIpc) is 3.29. The number of amides is 1. The molecule has 11 heteroatoms. The Morgan fingerprint density at radius 2 is 1.75 bits per heavy atom. The number of fused-ring (bicyclic) bond motifs is 5. The molecule has 4 aromatic carbocycles. The lowest BCUT2D eigenvalue weighted by Crippen LogP contribution is -2.53. The van der Waals surface area contributed by atoms with E-state index < -0.39 is 27.7 Å². The summed E-state index contributed by atoms with van der Waals surface area (Å²) in [4.78, 5) is 14.8. The first-order valence-electron chi connectivity index (χ1n) is 13.9. The van der Waals surface area contributed by atoms with E-state index in [1.54, 1.807) is 41.3 Å². The largest absolute Gasteiger partial charge is 0.494 e. The lowest BCUT2D eigenvalue weighted by Gasteiger charge is -2.45. The minimum atomic E-state index is -4.31. The third-order valence-electron chi connectivity index (χ3n) is 8.37. The SMILES string of the molecule is COc1cc(S(=O)(=O)N2c3cc(OCc4c(F)cccc4Cl)ccc3C[C@H]3CN4C(=O)c5ccccc5C4=C[C@H]32)ccc1F. The zero-order valence-electron chi connectivity index (χ0n) is 23.3. The zero-order valence-corrected chi connectivity index (χ0v) is 24.9. The first kappa shape index (κ1) is 28.4. The monoisotopic (exact) mass is 634 g/mol. The molecule has 0 N–H and O–H groups in total. The second-order valence-corrected chi connectivity index (χ2v) is 13.1. The highest BCUT2D eigenvalue weighted by molar-refractivity contribution is 7.92. The van der Waals surface area contributed by atoms with Crippen molar-refractivity contribution in [3.05, 3.63) is 124 Å². The van der Waals surface area contributed by atoms with Gasteiger partial charge in [0.25, 0.3) is 15.9 Å². The molecular weight excluding hydrogens is 610 g/mol. The van der Waals surface area contributed by atoms with Crippen molar-refractivity contribution in [2.24, 2.45) is 5.92 Å². The third kappa shape index (κ3) is 4.51. The molecule has 0 fully saturated rings. The van der Waals surface area contributed by atoms with E-state index in [1.165, 1.54) is 29.6 Å². The van der Waals surface area contributed by atoms with Crippen molar-refractivity contribution in [3.63, 3.8) is 0 Å². The summed E-state index contributed by atoms with van der Waals surface area (Å²) in [5.41, 5.74) is 3.22. The van der Waals surface area contributed by atoms with Gasteiger partial charge in [0.2, 0.25) is 0 Å². The van der Waals surface area contributed by atoms with Gasteiger partial charge >= 0.3 is 0 Å². The Hall–Kier alpha value is -4.41. The van der Waals surface area contributed by atoms with E-state index >= 15 is 0 Å². The highest BCUT2D eigenvalue weighted by Crippen LogP contribution is 2.46. The standard InChI is InChI=1S/C33H25ClF2N2O5S/c1-42-32-15-22(11-12-28(32)36)44(40,41)38-29-14-21(43-18-25-26(34)7-4-8-27(25)35)10-9-19(29)13-20-17-37-31(16-30(20)38)23-5-2-3-6-24(23)33(37)39/h2-12,14-16,20,30H,13,17-18H2,1H3/t20-,30+/m0/s1. The summed E-state index contributed by atoms with van der Waals surface area (Å²) < 4.78 is 70.1. The Morgan fingerprint density at radius 3 is 2.52 bits per heavy atom. The molecular formula is C33H25ClF2N2O5S. The summed E-state index contributed by atoms with van der Waals surface area (Å²) in [6.07, 6.45) is 2.31. The quantitative estimate of drug-likeness (QED) is 0.244. The summed E-state index contributed by atoms with van der Waals surface area (Å²) >= 11 is 6.19. The number of halogens is 3. The minimum absolute atomic E-state index is 0.121. The summed E-state index contributed by atoms with van der Waals surface area (Å²) in [6.45, 7) is 0.141. The molecule has 224 valence electrons. The Bertz CT molecular complexity index is 1960. The van der Waals surface area contributed by atoms with Crippen molar-refractivity contribution >= 4 is 38.9 Å². The highest BCUT2D eigenvalue weighted by Gasteiger charge is 2.47. The fourth-order valence-corrected chi connectivity index (χ4v) is 8.15. The zero-order chi connectivity index (χ0) is 30.7. The molecule has 0 saturated heterocycles. The highest BCUT2D eigenvalue weighted by atomic mass is 35.5. The smallest absolute Gasteiger partial charge is 0.265 e. The topological polar surface area (TPSA) is 76.2 Å². The fourth-order valence-electron chi connectivity index (χ4n) is 6.22. The summed E-state index contributed by atoms with van der Waals surface area (Å²) in [7, 11) is -3.05. The minimum Gasteiger partial charge on any atom is -0.494 e. The molecule has 3 aliphatic heterocycles. The molecule has 44 heavy (non-hydrogen) atoms. The molecule has 1 amide bonds. The normalized spacial score (nSPS) is 18.6. The second kappa shape index (κ2) is 10.6. The van der Waals surface area contributed by atoms with E-state index in [4.69, 9.17) is 21.1 Å². The molecule has 0 spiro atoms. The molecule has 7 rings (SSSR count). The van der Waals surface area contributed by atoms with Crippen LogP contribution in [0.25, 0.3) is 5.70 Å². The molecule has 0 bridgehead atoms. The van der Waals surface area contributed by atoms with Gasteiger partial charge in [-0.15, -0.1) is 0 Å². The van der Waals surface area contributed by atoms with Crippen LogP contribution < -0.4 is 13.8 Å². The van der Waals surface area contributed by atoms with Crippen molar-refractivity contribution in [2.45, 2.75) is 24.0 Å². The van der Waals surface area contributed by atoms with Gasteiger partial charge in [0, 0.05) is 41.3 Å². The van der Waals surface area contributed by atoms with Gasteiger partial charge < -0.3 is 14.4 Å². The number of benzene rings is 4. The Balaban J connectivity index is 1.35. The maximum atomic E-state index is 14.5. The first-order valence-corrected chi connectivity index (χ1v) is 15.7. The van der Waals surface area contributed by atoms with Crippen molar-refractivity contribution in [3.8, 4) is 11.5 Å². The van der Waals surface area contributed by atoms with Gasteiger partial charge in [-0.05, 0) is 54.5 Å². The van der Waals surface area contributed by atoms with Gasteiger partial charge in [-0.1, -0.05) is 41.9 Å². The van der Waals surface area contributed by atoms with Gasteiger partial charge in [0.1, 0.15) is 18.2 Å². The molecule has 0 unspecified atom stereocenters. The predicted octanol–water partition coefficient (Wildman–Crippen LogP) is 6.45. The summed E-state index contributed by atoms with van der Waals surface area (Å²) in [5.74, 6) is -1.50. The number of carbonyl (C=O) groups excluding carboxylic acids is 1. The molecule has 0 saturated carbocycles. The van der Waals surface area contributed by atoms with Gasteiger partial charge in [0.05, 0.1) is 34.5 Å². The molecule has 0 aromatic heterocycles. The number of hydrogen-bond acceptors (Lipinski definition) is 5. The number of anilines is 1. The number of methoxy groups -OCH3 is 1. The van der Waals surface area contributed by atoms with Crippen LogP contribution in [0.1, 0.15) is 27.0 Å². The maximum Gasteiger partial charge on any atom is 0.265 e. The second-order valence-electron chi connectivity index (χ2n) is 10.8. The van der Waals surface area contributed by atoms with E-state index in [0.717, 1.165) is 23.3 Å². The third-order valence-corrected chi connectivity index (χ3v) is 10.5. The van der Waals surface area contributed by atoms with Crippen LogP contribution in [0, 0.1) is 17.6 Å². The number of hydrogen-bond donors (Lipinski definition) is 0. The predicted molar refractivity (Wildman–Crippen MR) is 161 cm³/mol. The Kier molecular flexibility index (Phi) is 6.86. The van der Waals surface area contributed by atoms with Crippen molar-refractivity contribution in [2.75, 3.05) is 18.0 Å². The van der Waals surface area contributed by atoms with E-state index in [-0.39, 0.29) is 39.7 Å². The van der Waals surface area contributed by atoms with Crippen LogP contribution in [0.2, 0.25) is 5.02 Å². The van der Waals surface area contributed by atoms with Crippen LogP contribution in [-0.4, -0.2) is 38.9 Å². The Labute approximate surface area is 257 Å². The number of carbonyl (C=O) groups is 1. The number of sulfonamides is 1.